The van der Waals surface area contributed by atoms with Gasteiger partial charge in [0, 0.05) is 18.8 Å². The molecule has 0 spiro atoms. The molecule has 2 amide bonds. The van der Waals surface area contributed by atoms with Gasteiger partial charge in [-0.1, -0.05) is 6.07 Å². The fraction of sp³-hybridized carbons (Fsp3) is 0.417. The third-order valence-electron chi connectivity index (χ3n) is 2.24. The number of amides is 2. The summed E-state index contributed by atoms with van der Waals surface area (Å²) < 4.78 is 42.4. The number of anilines is 1. The number of rotatable bonds is 6. The van der Waals surface area contributed by atoms with Gasteiger partial charge in [0.25, 0.3) is 0 Å². The number of nitrogens with two attached hydrogens (primary N) is 1. The lowest BCUT2D eigenvalue weighted by Gasteiger charge is -2.10. The molecule has 0 unspecified atom stereocenters. The first-order chi connectivity index (χ1) is 9.43. The molecule has 0 aromatic heterocycles. The number of hydrogen-bond donors (Lipinski definition) is 3. The van der Waals surface area contributed by atoms with E-state index in [1.54, 1.807) is 0 Å². The summed E-state index contributed by atoms with van der Waals surface area (Å²) >= 11 is 0. The van der Waals surface area contributed by atoms with Crippen LogP contribution in [0.1, 0.15) is 5.56 Å². The average molecular weight is 291 g/mol. The van der Waals surface area contributed by atoms with Crippen LogP contribution in [-0.2, 0) is 10.9 Å². The summed E-state index contributed by atoms with van der Waals surface area (Å²) in [7, 11) is 0. The van der Waals surface area contributed by atoms with E-state index in [1.165, 1.54) is 12.1 Å². The Labute approximate surface area is 114 Å². The lowest BCUT2D eigenvalue weighted by molar-refractivity contribution is -0.137. The van der Waals surface area contributed by atoms with Crippen LogP contribution >= 0.6 is 0 Å². The van der Waals surface area contributed by atoms with Gasteiger partial charge in [-0.05, 0) is 18.2 Å². The summed E-state index contributed by atoms with van der Waals surface area (Å²) in [6, 6.07) is 3.80. The van der Waals surface area contributed by atoms with E-state index in [1.807, 2.05) is 0 Å². The molecule has 0 bridgehead atoms. The molecule has 5 nitrogen and oxygen atoms in total. The smallest absolute Gasteiger partial charge is 0.378 e. The summed E-state index contributed by atoms with van der Waals surface area (Å²) in [5.74, 6) is 0. The number of carbonyl (C=O) groups is 1. The van der Waals surface area contributed by atoms with Gasteiger partial charge in [-0.3, -0.25) is 0 Å². The van der Waals surface area contributed by atoms with Crippen molar-refractivity contribution in [3.05, 3.63) is 29.8 Å². The monoisotopic (exact) mass is 291 g/mol. The number of hydrogen-bond acceptors (Lipinski definition) is 3. The van der Waals surface area contributed by atoms with Gasteiger partial charge in [-0.15, -0.1) is 0 Å². The van der Waals surface area contributed by atoms with Crippen LogP contribution in [0.5, 0.6) is 0 Å². The number of nitrogens with one attached hydrogen (secondary N) is 2. The molecule has 112 valence electrons. The highest BCUT2D eigenvalue weighted by atomic mass is 19.4. The molecule has 0 atom stereocenters. The first-order valence-electron chi connectivity index (χ1n) is 5.93. The SMILES string of the molecule is NCCOCCNC(=O)Nc1cccc(C(F)(F)F)c1. The van der Waals surface area contributed by atoms with Crippen LogP contribution in [0.3, 0.4) is 0 Å². The quantitative estimate of drug-likeness (QED) is 0.699. The zero-order chi connectivity index (χ0) is 15.0. The normalized spacial score (nSPS) is 11.2. The van der Waals surface area contributed by atoms with Crippen LogP contribution in [0.25, 0.3) is 0 Å². The van der Waals surface area contributed by atoms with Gasteiger partial charge in [-0.25, -0.2) is 4.79 Å². The van der Waals surface area contributed by atoms with Crippen molar-refractivity contribution >= 4 is 11.7 Å². The predicted octanol–water partition coefficient (Wildman–Crippen LogP) is 1.80. The Kier molecular flexibility index (Phi) is 6.26. The van der Waals surface area contributed by atoms with Gasteiger partial charge < -0.3 is 21.1 Å². The predicted molar refractivity (Wildman–Crippen MR) is 68.3 cm³/mol. The largest absolute Gasteiger partial charge is 0.416 e. The number of benzene rings is 1. The van der Waals surface area contributed by atoms with Crippen LogP contribution in [0, 0.1) is 0 Å². The topological polar surface area (TPSA) is 76.4 Å². The summed E-state index contributed by atoms with van der Waals surface area (Å²) in [6.07, 6.45) is -4.44. The highest BCUT2D eigenvalue weighted by Gasteiger charge is 2.30. The molecule has 4 N–H and O–H groups in total. The van der Waals surface area contributed by atoms with Gasteiger partial charge in [0.2, 0.25) is 0 Å². The van der Waals surface area contributed by atoms with Crippen LogP contribution in [0.4, 0.5) is 23.7 Å². The van der Waals surface area contributed by atoms with E-state index in [0.29, 0.717) is 13.2 Å². The van der Waals surface area contributed by atoms with Gasteiger partial charge in [0.1, 0.15) is 0 Å². The Morgan fingerprint density at radius 1 is 1.30 bits per heavy atom. The van der Waals surface area contributed by atoms with E-state index in [2.05, 4.69) is 10.6 Å². The maximum atomic E-state index is 12.5. The minimum absolute atomic E-state index is 0.0696. The molecule has 0 saturated heterocycles. The van der Waals surface area contributed by atoms with Crippen molar-refractivity contribution in [2.75, 3.05) is 31.6 Å². The molecular formula is C12H16F3N3O2. The van der Waals surface area contributed by atoms with Crippen molar-refractivity contribution in [1.82, 2.24) is 5.32 Å². The van der Waals surface area contributed by atoms with E-state index in [9.17, 15) is 18.0 Å². The first-order valence-corrected chi connectivity index (χ1v) is 5.93. The molecule has 0 saturated carbocycles. The maximum Gasteiger partial charge on any atom is 0.416 e. The van der Waals surface area contributed by atoms with Gasteiger partial charge >= 0.3 is 12.2 Å². The molecule has 0 radical (unpaired) electrons. The molecule has 0 heterocycles. The Hall–Kier alpha value is -1.80. The van der Waals surface area contributed by atoms with E-state index in [0.717, 1.165) is 12.1 Å². The van der Waals surface area contributed by atoms with Crippen molar-refractivity contribution in [1.29, 1.82) is 0 Å². The summed E-state index contributed by atoms with van der Waals surface area (Å²) in [6.45, 7) is 1.30. The fourth-order valence-corrected chi connectivity index (χ4v) is 1.37. The van der Waals surface area contributed by atoms with E-state index < -0.39 is 17.8 Å². The van der Waals surface area contributed by atoms with Crippen LogP contribution < -0.4 is 16.4 Å². The van der Waals surface area contributed by atoms with Gasteiger partial charge in [0.05, 0.1) is 18.8 Å². The second-order valence-corrected chi connectivity index (χ2v) is 3.86. The summed E-state index contributed by atoms with van der Waals surface area (Å²) in [4.78, 5) is 11.4. The molecule has 0 aliphatic carbocycles. The zero-order valence-corrected chi connectivity index (χ0v) is 10.7. The van der Waals surface area contributed by atoms with E-state index in [4.69, 9.17) is 10.5 Å². The molecular weight excluding hydrogens is 275 g/mol. The Morgan fingerprint density at radius 3 is 2.70 bits per heavy atom. The molecule has 1 rings (SSSR count). The van der Waals surface area contributed by atoms with Crippen molar-refractivity contribution < 1.29 is 22.7 Å². The molecule has 20 heavy (non-hydrogen) atoms. The summed E-state index contributed by atoms with van der Waals surface area (Å²) in [5.41, 5.74) is 4.46. The third-order valence-corrected chi connectivity index (χ3v) is 2.24. The number of halogens is 3. The molecule has 1 aromatic rings. The number of carbonyl (C=O) groups excluding carboxylic acids is 1. The molecule has 0 fully saturated rings. The molecule has 1 aromatic carbocycles. The average Bonchev–Trinajstić information content (AvgIpc) is 2.38. The second kappa shape index (κ2) is 7.71. The number of alkyl halides is 3. The lowest BCUT2D eigenvalue weighted by Crippen LogP contribution is -2.32. The van der Waals surface area contributed by atoms with E-state index >= 15 is 0 Å². The highest BCUT2D eigenvalue weighted by molar-refractivity contribution is 5.89. The standard InChI is InChI=1S/C12H16F3N3O2/c13-12(14,15)9-2-1-3-10(8-9)18-11(19)17-5-7-20-6-4-16/h1-3,8H,4-7,16H2,(H2,17,18,19). The molecule has 0 aliphatic rings. The Bertz CT molecular complexity index is 438. The Morgan fingerprint density at radius 2 is 2.05 bits per heavy atom. The maximum absolute atomic E-state index is 12.5. The fourth-order valence-electron chi connectivity index (χ4n) is 1.37. The van der Waals surface area contributed by atoms with Crippen molar-refractivity contribution in [3.63, 3.8) is 0 Å². The lowest BCUT2D eigenvalue weighted by atomic mass is 10.2. The minimum Gasteiger partial charge on any atom is -0.378 e. The highest BCUT2D eigenvalue weighted by Crippen LogP contribution is 2.30. The summed E-state index contributed by atoms with van der Waals surface area (Å²) in [5, 5.41) is 4.77. The zero-order valence-electron chi connectivity index (χ0n) is 10.7. The number of ether oxygens (including phenoxy) is 1. The molecule has 0 aliphatic heterocycles. The van der Waals surface area contributed by atoms with Crippen molar-refractivity contribution in [3.8, 4) is 0 Å². The van der Waals surface area contributed by atoms with E-state index in [-0.39, 0.29) is 18.8 Å². The van der Waals surface area contributed by atoms with Crippen molar-refractivity contribution in [2.45, 2.75) is 6.18 Å². The van der Waals surface area contributed by atoms with Crippen LogP contribution in [-0.4, -0.2) is 32.3 Å². The minimum atomic E-state index is -4.44. The Balaban J connectivity index is 2.42. The first kappa shape index (κ1) is 16.3. The number of urea groups is 1. The van der Waals surface area contributed by atoms with Crippen molar-refractivity contribution in [2.24, 2.45) is 5.73 Å². The van der Waals surface area contributed by atoms with Gasteiger partial charge in [-0.2, -0.15) is 13.2 Å². The van der Waals surface area contributed by atoms with Gasteiger partial charge in [0.15, 0.2) is 0 Å². The van der Waals surface area contributed by atoms with Crippen LogP contribution in [0.2, 0.25) is 0 Å². The third kappa shape index (κ3) is 5.89. The van der Waals surface area contributed by atoms with Crippen LogP contribution in [0.15, 0.2) is 24.3 Å². The second-order valence-electron chi connectivity index (χ2n) is 3.86. The molecule has 8 heteroatoms.